The number of halogens is 1. The van der Waals surface area contributed by atoms with Crippen LogP contribution in [0.3, 0.4) is 0 Å². The number of likely N-dealkylation sites (tertiary alicyclic amines) is 2. The van der Waals surface area contributed by atoms with Crippen LogP contribution in [0, 0.1) is 11.7 Å². The number of fused-ring (bicyclic) bond motifs is 5. The Morgan fingerprint density at radius 1 is 0.980 bits per heavy atom. The van der Waals surface area contributed by atoms with Crippen molar-refractivity contribution in [2.75, 3.05) is 38.5 Å². The van der Waals surface area contributed by atoms with Gasteiger partial charge in [0.05, 0.1) is 17.3 Å². The summed E-state index contributed by atoms with van der Waals surface area (Å²) < 4.78 is 29.8. The molecule has 264 valence electrons. The minimum Gasteiger partial charge on any atom is -0.460 e. The van der Waals surface area contributed by atoms with E-state index in [-0.39, 0.29) is 46.0 Å². The van der Waals surface area contributed by atoms with Crippen molar-refractivity contribution in [2.24, 2.45) is 5.92 Å². The number of benzene rings is 3. The van der Waals surface area contributed by atoms with E-state index in [1.54, 1.807) is 21.4 Å². The van der Waals surface area contributed by atoms with Crippen LogP contribution in [-0.4, -0.2) is 70.9 Å². The number of hydrogen-bond donors (Lipinski definition) is 1. The van der Waals surface area contributed by atoms with E-state index in [9.17, 15) is 19.2 Å². The Morgan fingerprint density at radius 2 is 1.76 bits per heavy atom. The van der Waals surface area contributed by atoms with Gasteiger partial charge in [-0.1, -0.05) is 24.3 Å². The van der Waals surface area contributed by atoms with Gasteiger partial charge in [0.1, 0.15) is 22.4 Å². The fraction of sp³-hybridized carbons (Fsp3) is 0.400. The number of esters is 1. The third kappa shape index (κ3) is 5.77. The second kappa shape index (κ2) is 12.3. The quantitative estimate of drug-likeness (QED) is 0.114. The third-order valence-electron chi connectivity index (χ3n) is 10.6. The highest BCUT2D eigenvalue weighted by Gasteiger charge is 2.32. The van der Waals surface area contributed by atoms with Crippen LogP contribution in [0.15, 0.2) is 62.7 Å². The molecule has 0 radical (unpaired) electrons. The lowest BCUT2D eigenvalue weighted by Gasteiger charge is -2.21. The Hall–Kier alpha value is -5.03. The van der Waals surface area contributed by atoms with Gasteiger partial charge in [-0.25, -0.2) is 4.39 Å². The predicted octanol–water partition coefficient (Wildman–Crippen LogP) is 6.53. The standard InChI is InChI=1S/C40H41FN4O6/c1-40(2,3)51-33(46)16-22-12-15-44(20-22)39(49)29-21-45-31-18-26-24-9-5-6-10-25(24)36(47)27(26)19-32(31)50-38-34(30(41)17-28(35(38)45)37(29)48)42-13-11-23-8-7-14-43(23)4/h5-6,9-10,17-19,21-23,42H,7-8,11-16,20H2,1-4H3/t22-,23?/m1/s1. The molecule has 0 aliphatic carbocycles. The van der Waals surface area contributed by atoms with E-state index < -0.39 is 22.8 Å². The smallest absolute Gasteiger partial charge is 0.306 e. The Labute approximate surface area is 293 Å². The lowest BCUT2D eigenvalue weighted by atomic mass is 10.0. The average Bonchev–Trinajstić information content (AvgIpc) is 3.79. The van der Waals surface area contributed by atoms with Gasteiger partial charge in [-0.2, -0.15) is 0 Å². The maximum atomic E-state index is 16.1. The molecule has 11 heteroatoms. The summed E-state index contributed by atoms with van der Waals surface area (Å²) in [7, 11) is 2.09. The maximum Gasteiger partial charge on any atom is 0.306 e. The molecule has 8 rings (SSSR count). The Balaban J connectivity index is 1.26. The molecule has 2 aliphatic rings. The molecule has 1 amide bonds. The Morgan fingerprint density at radius 3 is 2.51 bits per heavy atom. The van der Waals surface area contributed by atoms with E-state index in [2.05, 4.69) is 17.3 Å². The normalized spacial score (nSPS) is 18.6. The highest BCUT2D eigenvalue weighted by atomic mass is 19.1. The van der Waals surface area contributed by atoms with Crippen LogP contribution in [0.1, 0.15) is 63.2 Å². The first-order chi connectivity index (χ1) is 24.4. The van der Waals surface area contributed by atoms with Crippen LogP contribution in [-0.2, 0) is 9.53 Å². The molecule has 1 N–H and O–H groups in total. The number of carbonyl (C=O) groups excluding carboxylic acids is 2. The minimum atomic E-state index is -0.669. The summed E-state index contributed by atoms with van der Waals surface area (Å²) in [5, 5.41) is 5.81. The molecule has 2 saturated heterocycles. The highest BCUT2D eigenvalue weighted by Crippen LogP contribution is 2.37. The van der Waals surface area contributed by atoms with Crippen molar-refractivity contribution in [1.29, 1.82) is 0 Å². The number of aromatic nitrogens is 1. The lowest BCUT2D eigenvalue weighted by Crippen LogP contribution is -2.33. The molecule has 10 nitrogen and oxygen atoms in total. The summed E-state index contributed by atoms with van der Waals surface area (Å²) in [4.78, 5) is 58.1. The number of carbonyl (C=O) groups is 2. The molecule has 2 aromatic heterocycles. The van der Waals surface area contributed by atoms with Gasteiger partial charge < -0.3 is 28.7 Å². The summed E-state index contributed by atoms with van der Waals surface area (Å²) in [5.74, 6) is -1.60. The second-order valence-corrected chi connectivity index (χ2v) is 15.2. The number of ether oxygens (including phenoxy) is 1. The second-order valence-electron chi connectivity index (χ2n) is 15.2. The SMILES string of the molecule is CN1CCCC1CCNc1c(F)cc2c(=O)c(C(=O)N3CC[C@H](CC(=O)OC(C)(C)C)C3)cn3c4cc5c(cc4oc1c23)c(=O)c1ccccc15. The molecule has 0 saturated carbocycles. The van der Waals surface area contributed by atoms with Crippen molar-refractivity contribution in [3.05, 3.63) is 80.5 Å². The lowest BCUT2D eigenvalue weighted by molar-refractivity contribution is -0.155. The summed E-state index contributed by atoms with van der Waals surface area (Å²) in [6, 6.07) is 12.4. The van der Waals surface area contributed by atoms with Crippen molar-refractivity contribution in [3.8, 4) is 0 Å². The first-order valence-electron chi connectivity index (χ1n) is 17.8. The van der Waals surface area contributed by atoms with E-state index >= 15 is 4.39 Å². The van der Waals surface area contributed by atoms with E-state index in [4.69, 9.17) is 9.15 Å². The summed E-state index contributed by atoms with van der Waals surface area (Å²) in [6.45, 7) is 7.61. The van der Waals surface area contributed by atoms with Gasteiger partial charge in [0, 0.05) is 42.6 Å². The van der Waals surface area contributed by atoms with Crippen molar-refractivity contribution in [2.45, 2.75) is 64.5 Å². The fourth-order valence-corrected chi connectivity index (χ4v) is 8.13. The van der Waals surface area contributed by atoms with E-state index in [0.717, 1.165) is 31.2 Å². The van der Waals surface area contributed by atoms with Crippen molar-refractivity contribution >= 4 is 66.7 Å². The number of nitrogens with one attached hydrogen (secondary N) is 1. The Kier molecular flexibility index (Phi) is 8.01. The highest BCUT2D eigenvalue weighted by molar-refractivity contribution is 6.15. The maximum absolute atomic E-state index is 16.1. The molecule has 4 heterocycles. The van der Waals surface area contributed by atoms with E-state index in [0.29, 0.717) is 64.9 Å². The van der Waals surface area contributed by atoms with Gasteiger partial charge in [0.15, 0.2) is 22.4 Å². The van der Waals surface area contributed by atoms with Crippen LogP contribution in [0.25, 0.3) is 49.1 Å². The molecule has 51 heavy (non-hydrogen) atoms. The van der Waals surface area contributed by atoms with Crippen molar-refractivity contribution < 1.29 is 23.1 Å². The average molecular weight is 693 g/mol. The number of hydrogen-bond acceptors (Lipinski definition) is 8. The van der Waals surface area contributed by atoms with Crippen molar-refractivity contribution in [1.82, 2.24) is 14.2 Å². The first-order valence-corrected chi connectivity index (χ1v) is 17.8. The number of amides is 1. The topological polar surface area (TPSA) is 114 Å². The number of nitrogens with zero attached hydrogens (tertiary/aromatic N) is 3. The molecule has 1 unspecified atom stereocenters. The minimum absolute atomic E-state index is 0.0153. The van der Waals surface area contributed by atoms with Crippen molar-refractivity contribution in [3.63, 3.8) is 0 Å². The zero-order valence-corrected chi connectivity index (χ0v) is 29.3. The predicted molar refractivity (Wildman–Crippen MR) is 197 cm³/mol. The number of rotatable bonds is 7. The number of anilines is 1. The third-order valence-corrected chi connectivity index (χ3v) is 10.6. The molecular weight excluding hydrogens is 651 g/mol. The van der Waals surface area contributed by atoms with Gasteiger partial charge in [-0.15, -0.1) is 0 Å². The van der Waals surface area contributed by atoms with Gasteiger partial charge in [0.25, 0.3) is 5.91 Å². The molecule has 0 bridgehead atoms. The molecule has 4 aromatic carbocycles. The molecule has 2 aliphatic heterocycles. The van der Waals surface area contributed by atoms with Crippen LogP contribution >= 0.6 is 0 Å². The van der Waals surface area contributed by atoms with Crippen LogP contribution in [0.4, 0.5) is 10.1 Å². The first kappa shape index (κ1) is 33.1. The van der Waals surface area contributed by atoms with E-state index in [1.807, 2.05) is 45.0 Å². The van der Waals surface area contributed by atoms with Gasteiger partial charge in [0.2, 0.25) is 5.43 Å². The Bertz CT molecular complexity index is 2500. The molecule has 2 fully saturated rings. The van der Waals surface area contributed by atoms with Crippen LogP contribution in [0.2, 0.25) is 0 Å². The molecule has 6 aromatic rings. The molecular formula is C40H41FN4O6. The van der Waals surface area contributed by atoms with Crippen LogP contribution in [0.5, 0.6) is 0 Å². The molecule has 2 atom stereocenters. The van der Waals surface area contributed by atoms with E-state index in [1.165, 1.54) is 12.3 Å². The summed E-state index contributed by atoms with van der Waals surface area (Å²) in [6.07, 6.45) is 5.27. The molecule has 0 spiro atoms. The zero-order valence-electron chi connectivity index (χ0n) is 29.3. The summed E-state index contributed by atoms with van der Waals surface area (Å²) >= 11 is 0. The monoisotopic (exact) mass is 692 g/mol. The van der Waals surface area contributed by atoms with Gasteiger partial charge in [-0.05, 0) is 94.9 Å². The zero-order chi connectivity index (χ0) is 35.8. The summed E-state index contributed by atoms with van der Waals surface area (Å²) in [5.41, 5.74) is -0.0174. The van der Waals surface area contributed by atoms with Crippen LogP contribution < -0.4 is 16.2 Å². The van der Waals surface area contributed by atoms with Gasteiger partial charge in [-0.3, -0.25) is 19.2 Å². The number of pyridine rings is 1. The fourth-order valence-electron chi connectivity index (χ4n) is 8.13. The van der Waals surface area contributed by atoms with Gasteiger partial charge >= 0.3 is 5.97 Å². The largest absolute Gasteiger partial charge is 0.460 e.